The molecule has 3 aromatic rings. The van der Waals surface area contributed by atoms with Crippen LogP contribution in [0.5, 0.6) is 0 Å². The van der Waals surface area contributed by atoms with Gasteiger partial charge in [-0.3, -0.25) is 0 Å². The van der Waals surface area contributed by atoms with Gasteiger partial charge in [-0.15, -0.1) is 0 Å². The summed E-state index contributed by atoms with van der Waals surface area (Å²) in [5.74, 6) is 0.421. The summed E-state index contributed by atoms with van der Waals surface area (Å²) in [6, 6.07) is 16.6. The summed E-state index contributed by atoms with van der Waals surface area (Å²) in [4.78, 5) is 8.50. The Morgan fingerprint density at radius 3 is 2.64 bits per heavy atom. The Hall–Kier alpha value is -3.08. The van der Waals surface area contributed by atoms with E-state index in [1.807, 2.05) is 35.3 Å². The third kappa shape index (κ3) is 4.94. The fourth-order valence-electron chi connectivity index (χ4n) is 2.61. The normalized spacial score (nSPS) is 11.5. The van der Waals surface area contributed by atoms with E-state index in [4.69, 9.17) is 5.73 Å². The molecule has 0 saturated carbocycles. The Bertz CT molecular complexity index is 820. The second kappa shape index (κ2) is 8.15. The SMILES string of the molecule is CCc1ccc(NC(N)=NCc2cccc(Cn3ccnc3)c2)cc1. The van der Waals surface area contributed by atoms with E-state index in [1.54, 1.807) is 6.20 Å². The summed E-state index contributed by atoms with van der Waals surface area (Å²) in [7, 11) is 0. The van der Waals surface area contributed by atoms with Crippen LogP contribution in [-0.2, 0) is 19.5 Å². The van der Waals surface area contributed by atoms with Crippen molar-refractivity contribution in [3.8, 4) is 0 Å². The number of aromatic nitrogens is 2. The molecule has 2 aromatic carbocycles. The molecule has 0 atom stereocenters. The van der Waals surface area contributed by atoms with Gasteiger partial charge in [0.05, 0.1) is 12.9 Å². The van der Waals surface area contributed by atoms with Gasteiger partial charge in [0.25, 0.3) is 0 Å². The number of hydrogen-bond donors (Lipinski definition) is 2. The minimum atomic E-state index is 0.421. The van der Waals surface area contributed by atoms with Crippen LogP contribution in [0.2, 0.25) is 0 Å². The average molecular weight is 333 g/mol. The molecule has 3 N–H and O–H groups in total. The molecular formula is C20H23N5. The third-order valence-corrected chi connectivity index (χ3v) is 3.98. The van der Waals surface area contributed by atoms with Crippen molar-refractivity contribution in [2.45, 2.75) is 26.4 Å². The van der Waals surface area contributed by atoms with Crippen molar-refractivity contribution < 1.29 is 0 Å². The van der Waals surface area contributed by atoms with E-state index >= 15 is 0 Å². The van der Waals surface area contributed by atoms with Crippen LogP contribution in [0.4, 0.5) is 5.69 Å². The second-order valence-electron chi connectivity index (χ2n) is 5.93. The average Bonchev–Trinajstić information content (AvgIpc) is 3.14. The summed E-state index contributed by atoms with van der Waals surface area (Å²) in [6.45, 7) is 3.48. The quantitative estimate of drug-likeness (QED) is 0.536. The van der Waals surface area contributed by atoms with Crippen LogP contribution in [0.1, 0.15) is 23.6 Å². The van der Waals surface area contributed by atoms with Gasteiger partial charge in [0, 0.05) is 24.6 Å². The fraction of sp³-hybridized carbons (Fsp3) is 0.200. The first-order chi connectivity index (χ1) is 12.2. The molecule has 1 aromatic heterocycles. The minimum Gasteiger partial charge on any atom is -0.370 e. The zero-order chi connectivity index (χ0) is 17.5. The van der Waals surface area contributed by atoms with E-state index in [9.17, 15) is 0 Å². The van der Waals surface area contributed by atoms with Crippen molar-refractivity contribution in [3.05, 3.63) is 83.9 Å². The van der Waals surface area contributed by atoms with Crippen molar-refractivity contribution in [1.82, 2.24) is 9.55 Å². The van der Waals surface area contributed by atoms with Crippen molar-refractivity contribution in [2.75, 3.05) is 5.32 Å². The first-order valence-corrected chi connectivity index (χ1v) is 8.42. The lowest BCUT2D eigenvalue weighted by Gasteiger charge is -2.07. The van der Waals surface area contributed by atoms with Crippen LogP contribution in [0.3, 0.4) is 0 Å². The zero-order valence-corrected chi connectivity index (χ0v) is 14.4. The number of aliphatic imine (C=N–C) groups is 1. The summed E-state index contributed by atoms with van der Waals surface area (Å²) in [5, 5.41) is 3.13. The Morgan fingerprint density at radius 1 is 1.12 bits per heavy atom. The third-order valence-electron chi connectivity index (χ3n) is 3.98. The fourth-order valence-corrected chi connectivity index (χ4v) is 2.61. The lowest BCUT2D eigenvalue weighted by Crippen LogP contribution is -2.22. The lowest BCUT2D eigenvalue weighted by molar-refractivity contribution is 0.795. The van der Waals surface area contributed by atoms with Crippen LogP contribution >= 0.6 is 0 Å². The number of anilines is 1. The molecule has 5 nitrogen and oxygen atoms in total. The molecule has 128 valence electrons. The molecule has 1 heterocycles. The maximum absolute atomic E-state index is 6.00. The molecule has 5 heteroatoms. The molecule has 0 aliphatic carbocycles. The largest absolute Gasteiger partial charge is 0.370 e. The number of benzene rings is 2. The van der Waals surface area contributed by atoms with E-state index in [-0.39, 0.29) is 0 Å². The molecule has 0 bridgehead atoms. The van der Waals surface area contributed by atoms with E-state index in [0.29, 0.717) is 12.5 Å². The van der Waals surface area contributed by atoms with Crippen molar-refractivity contribution in [2.24, 2.45) is 10.7 Å². The standard InChI is InChI=1S/C20H23N5/c1-2-16-6-8-19(9-7-16)24-20(21)23-13-17-4-3-5-18(12-17)14-25-11-10-22-15-25/h3-12,15H,2,13-14H2,1H3,(H3,21,23,24). The maximum Gasteiger partial charge on any atom is 0.193 e. The highest BCUT2D eigenvalue weighted by Gasteiger charge is 1.99. The highest BCUT2D eigenvalue weighted by Crippen LogP contribution is 2.11. The number of hydrogen-bond acceptors (Lipinski definition) is 2. The summed E-state index contributed by atoms with van der Waals surface area (Å²) in [6.07, 6.45) is 6.58. The number of aryl methyl sites for hydroxylation is 1. The van der Waals surface area contributed by atoms with Crippen molar-refractivity contribution >= 4 is 11.6 Å². The molecule has 0 spiro atoms. The maximum atomic E-state index is 6.00. The number of nitrogens with zero attached hydrogens (tertiary/aromatic N) is 3. The first-order valence-electron chi connectivity index (χ1n) is 8.42. The zero-order valence-electron chi connectivity index (χ0n) is 14.4. The number of imidazole rings is 1. The molecule has 0 amide bonds. The van der Waals surface area contributed by atoms with Gasteiger partial charge >= 0.3 is 0 Å². The monoisotopic (exact) mass is 333 g/mol. The Labute approximate surface area is 148 Å². The van der Waals surface area contributed by atoms with Crippen molar-refractivity contribution in [3.63, 3.8) is 0 Å². The summed E-state index contributed by atoms with van der Waals surface area (Å²) in [5.41, 5.74) is 10.6. The molecule has 0 fully saturated rings. The van der Waals surface area contributed by atoms with E-state index < -0.39 is 0 Å². The highest BCUT2D eigenvalue weighted by molar-refractivity contribution is 5.92. The molecule has 0 unspecified atom stereocenters. The molecule has 0 radical (unpaired) electrons. The Kier molecular flexibility index (Phi) is 5.46. The van der Waals surface area contributed by atoms with Crippen LogP contribution in [0.25, 0.3) is 0 Å². The van der Waals surface area contributed by atoms with Crippen LogP contribution in [-0.4, -0.2) is 15.5 Å². The molecule has 3 rings (SSSR count). The Morgan fingerprint density at radius 2 is 1.92 bits per heavy atom. The van der Waals surface area contributed by atoms with Gasteiger partial charge < -0.3 is 15.6 Å². The highest BCUT2D eigenvalue weighted by atomic mass is 15.1. The number of rotatable bonds is 6. The van der Waals surface area contributed by atoms with Crippen molar-refractivity contribution in [1.29, 1.82) is 0 Å². The molecule has 0 aliphatic heterocycles. The molecular weight excluding hydrogens is 310 g/mol. The van der Waals surface area contributed by atoms with Crippen LogP contribution < -0.4 is 11.1 Å². The van der Waals surface area contributed by atoms with Gasteiger partial charge in [-0.05, 0) is 35.2 Å². The molecule has 0 aliphatic rings. The topological polar surface area (TPSA) is 68.2 Å². The lowest BCUT2D eigenvalue weighted by atomic mass is 10.1. The van der Waals surface area contributed by atoms with Crippen LogP contribution in [0, 0.1) is 0 Å². The predicted molar refractivity (Wildman–Crippen MR) is 103 cm³/mol. The number of nitrogens with one attached hydrogen (secondary N) is 1. The van der Waals surface area contributed by atoms with Gasteiger partial charge in [0.2, 0.25) is 0 Å². The van der Waals surface area contributed by atoms with Gasteiger partial charge in [-0.2, -0.15) is 0 Å². The van der Waals surface area contributed by atoms with Crippen LogP contribution in [0.15, 0.2) is 72.2 Å². The first kappa shape index (κ1) is 16.8. The molecule has 25 heavy (non-hydrogen) atoms. The van der Waals surface area contributed by atoms with Gasteiger partial charge in [-0.25, -0.2) is 9.98 Å². The Balaban J connectivity index is 1.60. The predicted octanol–water partition coefficient (Wildman–Crippen LogP) is 3.42. The van der Waals surface area contributed by atoms with Gasteiger partial charge in [0.15, 0.2) is 5.96 Å². The second-order valence-corrected chi connectivity index (χ2v) is 5.93. The number of nitrogens with two attached hydrogens (primary N) is 1. The number of guanidine groups is 1. The van der Waals surface area contributed by atoms with Gasteiger partial charge in [0.1, 0.15) is 0 Å². The van der Waals surface area contributed by atoms with E-state index in [1.165, 1.54) is 11.1 Å². The molecule has 0 saturated heterocycles. The summed E-state index contributed by atoms with van der Waals surface area (Å²) >= 11 is 0. The summed E-state index contributed by atoms with van der Waals surface area (Å²) < 4.78 is 2.04. The van der Waals surface area contributed by atoms with E-state index in [2.05, 4.69) is 52.5 Å². The minimum absolute atomic E-state index is 0.421. The smallest absolute Gasteiger partial charge is 0.193 e. The van der Waals surface area contributed by atoms with Gasteiger partial charge in [-0.1, -0.05) is 43.3 Å². The van der Waals surface area contributed by atoms with E-state index in [0.717, 1.165) is 24.2 Å².